The second kappa shape index (κ2) is 6.57. The summed E-state index contributed by atoms with van der Waals surface area (Å²) in [6.45, 7) is 2.10. The van der Waals surface area contributed by atoms with E-state index in [1.165, 1.54) is 0 Å². The Morgan fingerprint density at radius 2 is 2.04 bits per heavy atom. The second-order valence-electron chi connectivity index (χ2n) is 6.49. The lowest BCUT2D eigenvalue weighted by atomic mass is 10.1. The van der Waals surface area contributed by atoms with E-state index in [9.17, 15) is 8.42 Å². The Morgan fingerprint density at radius 3 is 2.85 bits per heavy atom. The van der Waals surface area contributed by atoms with Crippen molar-refractivity contribution < 1.29 is 8.42 Å². The second-order valence-corrected chi connectivity index (χ2v) is 8.76. The van der Waals surface area contributed by atoms with E-state index in [2.05, 4.69) is 25.9 Å². The lowest BCUT2D eigenvalue weighted by molar-refractivity contribution is 0.242. The van der Waals surface area contributed by atoms with Gasteiger partial charge in [-0.15, -0.1) is 0 Å². The third kappa shape index (κ3) is 3.42. The molecule has 0 amide bonds. The maximum Gasteiger partial charge on any atom is 0.246 e. The van der Waals surface area contributed by atoms with Crippen LogP contribution in [0.2, 0.25) is 5.15 Å². The van der Waals surface area contributed by atoms with E-state index < -0.39 is 9.84 Å². The topological polar surface area (TPSA) is 76.1 Å². The van der Waals surface area contributed by atoms with E-state index in [4.69, 9.17) is 11.6 Å². The number of benzene rings is 1. The van der Waals surface area contributed by atoms with Crippen molar-refractivity contribution in [2.45, 2.75) is 24.7 Å². The number of fused-ring (bicyclic) bond motifs is 2. The quantitative estimate of drug-likeness (QED) is 0.507. The predicted molar refractivity (Wildman–Crippen MR) is 99.7 cm³/mol. The fourth-order valence-corrected chi connectivity index (χ4v) is 3.88. The number of sulfone groups is 1. The van der Waals surface area contributed by atoms with Gasteiger partial charge in [0.25, 0.3) is 0 Å². The number of pyridine rings is 1. The van der Waals surface area contributed by atoms with Gasteiger partial charge in [-0.05, 0) is 12.1 Å². The summed E-state index contributed by atoms with van der Waals surface area (Å²) in [5.74, 6) is 0. The molecule has 0 aliphatic carbocycles. The summed E-state index contributed by atoms with van der Waals surface area (Å²) < 4.78 is 23.2. The smallest absolute Gasteiger partial charge is 0.246 e. The van der Waals surface area contributed by atoms with E-state index >= 15 is 0 Å². The van der Waals surface area contributed by atoms with Crippen molar-refractivity contribution in [3.63, 3.8) is 0 Å². The van der Waals surface area contributed by atoms with Gasteiger partial charge in [0, 0.05) is 55.0 Å². The van der Waals surface area contributed by atoms with Gasteiger partial charge in [0.2, 0.25) is 15.0 Å². The molecule has 3 aromatic rings. The number of hydrogen-bond donors (Lipinski definition) is 0. The number of para-hydroxylation sites is 1. The van der Waals surface area contributed by atoms with Gasteiger partial charge in [-0.2, -0.15) is 0 Å². The Labute approximate surface area is 156 Å². The van der Waals surface area contributed by atoms with E-state index in [-0.39, 0.29) is 5.16 Å². The van der Waals surface area contributed by atoms with Crippen molar-refractivity contribution in [2.75, 3.05) is 12.8 Å². The van der Waals surface area contributed by atoms with Crippen LogP contribution in [-0.4, -0.2) is 41.1 Å². The van der Waals surface area contributed by atoms with Crippen LogP contribution in [0.25, 0.3) is 10.9 Å². The molecule has 0 saturated carbocycles. The highest BCUT2D eigenvalue weighted by molar-refractivity contribution is 7.90. The van der Waals surface area contributed by atoms with Gasteiger partial charge < -0.3 is 0 Å². The van der Waals surface area contributed by atoms with Crippen LogP contribution < -0.4 is 0 Å². The molecule has 3 heterocycles. The molecule has 0 saturated heterocycles. The normalized spacial score (nSPS) is 15.2. The molecule has 0 bridgehead atoms. The Bertz CT molecular complexity index is 1100. The summed E-state index contributed by atoms with van der Waals surface area (Å²) in [6, 6.07) is 9.96. The van der Waals surface area contributed by atoms with Crippen LogP contribution in [0.15, 0.2) is 41.7 Å². The molecule has 4 rings (SSSR count). The Hall–Kier alpha value is -2.09. The van der Waals surface area contributed by atoms with Gasteiger partial charge in [0.15, 0.2) is 0 Å². The molecule has 0 N–H and O–H groups in total. The minimum absolute atomic E-state index is 0.105. The molecule has 0 unspecified atom stereocenters. The van der Waals surface area contributed by atoms with Gasteiger partial charge >= 0.3 is 0 Å². The first-order valence-corrected chi connectivity index (χ1v) is 10.5. The predicted octanol–water partition coefficient (Wildman–Crippen LogP) is 2.64. The third-order valence-electron chi connectivity index (χ3n) is 4.47. The molecule has 8 heteroatoms. The van der Waals surface area contributed by atoms with Crippen LogP contribution in [0.1, 0.15) is 16.8 Å². The third-order valence-corrected chi connectivity index (χ3v) is 5.65. The van der Waals surface area contributed by atoms with Gasteiger partial charge in [-0.25, -0.2) is 23.4 Å². The SMILES string of the molecule is CS(=O)(=O)c1ncc2c(n1)CCN(Cc1cc3ccccc3nc1Cl)C2. The van der Waals surface area contributed by atoms with Gasteiger partial charge in [0.05, 0.1) is 11.2 Å². The molecule has 6 nitrogen and oxygen atoms in total. The molecule has 0 atom stereocenters. The summed E-state index contributed by atoms with van der Waals surface area (Å²) in [7, 11) is -3.39. The lowest BCUT2D eigenvalue weighted by Gasteiger charge is -2.28. The molecular weight excluding hydrogens is 372 g/mol. The Kier molecular flexibility index (Phi) is 4.38. The van der Waals surface area contributed by atoms with Crippen LogP contribution in [-0.2, 0) is 29.3 Å². The molecule has 1 aromatic carbocycles. The monoisotopic (exact) mass is 388 g/mol. The average Bonchev–Trinajstić information content (AvgIpc) is 2.61. The van der Waals surface area contributed by atoms with Gasteiger partial charge in [-0.1, -0.05) is 29.8 Å². The summed E-state index contributed by atoms with van der Waals surface area (Å²) >= 11 is 6.36. The van der Waals surface area contributed by atoms with Crippen LogP contribution in [0.5, 0.6) is 0 Å². The fraction of sp³-hybridized carbons (Fsp3) is 0.278. The number of halogens is 1. The molecule has 0 radical (unpaired) electrons. The summed E-state index contributed by atoms with van der Waals surface area (Å²) in [4.78, 5) is 14.9. The Morgan fingerprint density at radius 1 is 1.23 bits per heavy atom. The van der Waals surface area contributed by atoms with Crippen molar-refractivity contribution >= 4 is 32.3 Å². The zero-order valence-corrected chi connectivity index (χ0v) is 15.8. The standard InChI is InChI=1S/C18H17ClN4O2S/c1-26(24,25)18-20-9-14-11-23(7-6-16(14)22-18)10-13-8-12-4-2-3-5-15(12)21-17(13)19/h2-5,8-9H,6-7,10-11H2,1H3. The molecule has 1 aliphatic heterocycles. The van der Waals surface area contributed by atoms with Gasteiger partial charge in [-0.3, -0.25) is 4.90 Å². The van der Waals surface area contributed by atoms with Crippen LogP contribution in [0.3, 0.4) is 0 Å². The minimum Gasteiger partial charge on any atom is -0.294 e. The van der Waals surface area contributed by atoms with Crippen LogP contribution in [0, 0.1) is 0 Å². The molecule has 1 aliphatic rings. The van der Waals surface area contributed by atoms with Crippen molar-refractivity contribution in [2.24, 2.45) is 0 Å². The lowest BCUT2D eigenvalue weighted by Crippen LogP contribution is -2.31. The summed E-state index contributed by atoms with van der Waals surface area (Å²) in [5.41, 5.74) is 3.61. The van der Waals surface area contributed by atoms with E-state index in [1.807, 2.05) is 24.3 Å². The highest BCUT2D eigenvalue weighted by Crippen LogP contribution is 2.24. The highest BCUT2D eigenvalue weighted by atomic mass is 35.5. The zero-order valence-electron chi connectivity index (χ0n) is 14.2. The first kappa shape index (κ1) is 17.3. The number of rotatable bonds is 3. The van der Waals surface area contributed by atoms with Crippen LogP contribution >= 0.6 is 11.6 Å². The molecule has 26 heavy (non-hydrogen) atoms. The van der Waals surface area contributed by atoms with E-state index in [0.717, 1.165) is 40.5 Å². The Balaban J connectivity index is 1.57. The first-order valence-electron chi connectivity index (χ1n) is 8.21. The molecule has 0 fully saturated rings. The summed E-state index contributed by atoms with van der Waals surface area (Å²) in [6.07, 6.45) is 3.42. The maximum absolute atomic E-state index is 11.6. The van der Waals surface area contributed by atoms with Crippen molar-refractivity contribution in [3.8, 4) is 0 Å². The first-order chi connectivity index (χ1) is 12.4. The maximum atomic E-state index is 11.6. The fourth-order valence-electron chi connectivity index (χ4n) is 3.16. The van der Waals surface area contributed by atoms with E-state index in [1.54, 1.807) is 6.20 Å². The number of hydrogen-bond acceptors (Lipinski definition) is 6. The molecular formula is C18H17ClN4O2S. The largest absolute Gasteiger partial charge is 0.294 e. The van der Waals surface area contributed by atoms with E-state index in [0.29, 0.717) is 24.7 Å². The zero-order chi connectivity index (χ0) is 18.3. The van der Waals surface area contributed by atoms with Crippen LogP contribution in [0.4, 0.5) is 0 Å². The minimum atomic E-state index is -3.39. The van der Waals surface area contributed by atoms with Gasteiger partial charge in [0.1, 0.15) is 5.15 Å². The molecule has 0 spiro atoms. The summed E-state index contributed by atoms with van der Waals surface area (Å²) in [5, 5.41) is 1.47. The van der Waals surface area contributed by atoms with Crippen molar-refractivity contribution in [1.82, 2.24) is 19.9 Å². The number of aromatic nitrogens is 3. The molecule has 2 aromatic heterocycles. The van der Waals surface area contributed by atoms with Crippen molar-refractivity contribution in [1.29, 1.82) is 0 Å². The molecule has 134 valence electrons. The van der Waals surface area contributed by atoms with Crippen molar-refractivity contribution in [3.05, 3.63) is 58.5 Å². The number of nitrogens with zero attached hydrogens (tertiary/aromatic N) is 4. The highest BCUT2D eigenvalue weighted by Gasteiger charge is 2.22. The average molecular weight is 389 g/mol.